The van der Waals surface area contributed by atoms with Gasteiger partial charge in [-0.2, -0.15) is 0 Å². The van der Waals surface area contributed by atoms with Crippen LogP contribution in [0.15, 0.2) is 72.1 Å². The number of likely N-dealkylation sites (N-methyl/N-ethyl adjacent to an activating group) is 1. The van der Waals surface area contributed by atoms with Crippen molar-refractivity contribution in [3.8, 4) is 17.6 Å². The lowest BCUT2D eigenvalue weighted by molar-refractivity contribution is 0.104. The van der Waals surface area contributed by atoms with Crippen molar-refractivity contribution in [3.63, 3.8) is 0 Å². The third-order valence-corrected chi connectivity index (χ3v) is 6.32. The van der Waals surface area contributed by atoms with Crippen molar-refractivity contribution in [1.82, 2.24) is 14.9 Å². The Bertz CT molecular complexity index is 1570. The normalized spacial score (nSPS) is 11.3. The van der Waals surface area contributed by atoms with E-state index in [-0.39, 0.29) is 12.4 Å². The van der Waals surface area contributed by atoms with Crippen molar-refractivity contribution in [2.45, 2.75) is 13.5 Å². The molecule has 0 saturated carbocycles. The molecule has 0 bridgehead atoms. The second-order valence-electron chi connectivity index (χ2n) is 9.09. The van der Waals surface area contributed by atoms with Gasteiger partial charge in [-0.1, -0.05) is 34.8 Å². The van der Waals surface area contributed by atoms with Gasteiger partial charge in [-0.05, 0) is 74.0 Å². The molecule has 0 unspecified atom stereocenters. The zero-order chi connectivity index (χ0) is 29.0. The molecule has 4 rings (SSSR count). The summed E-state index contributed by atoms with van der Waals surface area (Å²) in [6.45, 7) is 4.53. The van der Waals surface area contributed by atoms with Crippen LogP contribution in [-0.2, 0) is 16.2 Å². The molecular weight excluding hydrogens is 545 g/mol. The average molecular weight is 576 g/mol. The van der Waals surface area contributed by atoms with Crippen LogP contribution in [0.5, 0.6) is 5.75 Å². The number of nitrogens with one attached hydrogen (secondary N) is 1. The predicted octanol–water partition coefficient (Wildman–Crippen LogP) is 6.07. The topological polar surface area (TPSA) is 81.1 Å². The van der Waals surface area contributed by atoms with Crippen molar-refractivity contribution < 1.29 is 18.7 Å². The van der Waals surface area contributed by atoms with E-state index < -0.39 is 0 Å². The lowest BCUT2D eigenvalue weighted by atomic mass is 10.1. The van der Waals surface area contributed by atoms with Gasteiger partial charge in [0.05, 0.1) is 17.1 Å². The molecule has 212 valence electrons. The molecule has 3 aromatic carbocycles. The fourth-order valence-electron chi connectivity index (χ4n) is 3.86. The Labute approximate surface area is 244 Å². The Kier molecular flexibility index (Phi) is 10.9. The third kappa shape index (κ3) is 8.63. The summed E-state index contributed by atoms with van der Waals surface area (Å²) in [6, 6.07) is 17.3. The van der Waals surface area contributed by atoms with E-state index in [9.17, 15) is 4.39 Å². The Morgan fingerprint density at radius 2 is 1.93 bits per heavy atom. The van der Waals surface area contributed by atoms with Crippen LogP contribution < -0.4 is 10.1 Å². The van der Waals surface area contributed by atoms with Gasteiger partial charge in [-0.15, -0.1) is 0 Å². The number of hydrogen-bond donors (Lipinski definition) is 1. The Morgan fingerprint density at radius 3 is 2.71 bits per heavy atom. The van der Waals surface area contributed by atoms with E-state index in [1.807, 2.05) is 31.3 Å². The third-order valence-electron chi connectivity index (χ3n) is 6.03. The number of methoxy groups -OCH3 is 1. The zero-order valence-electron chi connectivity index (χ0n) is 23.2. The highest BCUT2D eigenvalue weighted by molar-refractivity contribution is 6.32. The van der Waals surface area contributed by atoms with Crippen LogP contribution >= 0.6 is 11.6 Å². The van der Waals surface area contributed by atoms with E-state index in [4.69, 9.17) is 25.9 Å². The van der Waals surface area contributed by atoms with E-state index in [1.165, 1.54) is 18.5 Å². The van der Waals surface area contributed by atoms with Crippen molar-refractivity contribution in [2.24, 2.45) is 5.16 Å². The van der Waals surface area contributed by atoms with Crippen molar-refractivity contribution in [2.75, 3.05) is 45.8 Å². The molecule has 0 radical (unpaired) electrons. The van der Waals surface area contributed by atoms with Crippen LogP contribution in [0.3, 0.4) is 0 Å². The van der Waals surface area contributed by atoms with Crippen LogP contribution in [0.1, 0.15) is 18.1 Å². The summed E-state index contributed by atoms with van der Waals surface area (Å²) in [5.41, 5.74) is 3.45. The fourth-order valence-corrected chi connectivity index (χ4v) is 4.09. The molecule has 0 amide bonds. The number of benzene rings is 3. The summed E-state index contributed by atoms with van der Waals surface area (Å²) in [7, 11) is 3.68. The van der Waals surface area contributed by atoms with Gasteiger partial charge >= 0.3 is 0 Å². The minimum atomic E-state index is -0.314. The van der Waals surface area contributed by atoms with Crippen molar-refractivity contribution in [1.29, 1.82) is 0 Å². The molecule has 1 N–H and O–H groups in total. The largest absolute Gasteiger partial charge is 0.487 e. The molecule has 0 spiro atoms. The maximum atomic E-state index is 13.5. The monoisotopic (exact) mass is 575 g/mol. The molecule has 1 aromatic heterocycles. The number of fused-ring (bicyclic) bond motifs is 1. The lowest BCUT2D eigenvalue weighted by Gasteiger charge is -2.14. The van der Waals surface area contributed by atoms with Gasteiger partial charge < -0.3 is 24.5 Å². The van der Waals surface area contributed by atoms with Crippen LogP contribution in [0.25, 0.3) is 10.9 Å². The van der Waals surface area contributed by atoms with E-state index in [1.54, 1.807) is 38.3 Å². The Balaban J connectivity index is 1.49. The zero-order valence-corrected chi connectivity index (χ0v) is 23.9. The first kappa shape index (κ1) is 29.7. The Hall–Kier alpha value is -4.23. The summed E-state index contributed by atoms with van der Waals surface area (Å²) < 4.78 is 24.3. The SMILES string of the molecule is CC#C/C(=N\OCCN(C)CCOC)c1ccc2ncnc(Nc3ccc(OCc4cccc(F)c4)c(Cl)c3)c2c1. The molecular formula is C31H31ClFN5O3. The van der Waals surface area contributed by atoms with E-state index >= 15 is 0 Å². The van der Waals surface area contributed by atoms with Crippen LogP contribution in [-0.4, -0.2) is 61.0 Å². The van der Waals surface area contributed by atoms with Crippen molar-refractivity contribution >= 4 is 39.7 Å². The summed E-state index contributed by atoms with van der Waals surface area (Å²) in [4.78, 5) is 16.5. The number of anilines is 2. The molecule has 0 aliphatic carbocycles. The van der Waals surface area contributed by atoms with Gasteiger partial charge in [0, 0.05) is 36.8 Å². The van der Waals surface area contributed by atoms with Crippen LogP contribution in [0, 0.1) is 17.7 Å². The average Bonchev–Trinajstić information content (AvgIpc) is 2.97. The second kappa shape index (κ2) is 15.0. The standard InChI is InChI=1S/C31H31ClFN5O3/c1-4-6-28(37-41-16-14-38(2)13-15-39-3)23-9-11-29-26(18-23)31(35-21-34-29)36-25-10-12-30(27(32)19-25)40-20-22-7-5-8-24(33)17-22/h5,7-12,17-19,21H,13-16,20H2,1-3H3,(H,34,35,36)/b37-28+. The van der Waals surface area contributed by atoms with Gasteiger partial charge in [0.2, 0.25) is 0 Å². The van der Waals surface area contributed by atoms with Gasteiger partial charge in [0.25, 0.3) is 0 Å². The van der Waals surface area contributed by atoms with Gasteiger partial charge in [0.15, 0.2) is 5.71 Å². The van der Waals surface area contributed by atoms with Crippen LogP contribution in [0.2, 0.25) is 5.02 Å². The van der Waals surface area contributed by atoms with E-state index in [2.05, 4.69) is 37.2 Å². The van der Waals surface area contributed by atoms with E-state index in [0.29, 0.717) is 53.3 Å². The molecule has 10 heteroatoms. The number of halogens is 2. The van der Waals surface area contributed by atoms with Crippen molar-refractivity contribution in [3.05, 3.63) is 89.0 Å². The number of aromatic nitrogens is 2. The maximum absolute atomic E-state index is 13.5. The molecule has 0 atom stereocenters. The number of rotatable bonds is 13. The molecule has 0 saturated heterocycles. The Morgan fingerprint density at radius 1 is 1.07 bits per heavy atom. The smallest absolute Gasteiger partial charge is 0.159 e. The highest BCUT2D eigenvalue weighted by Gasteiger charge is 2.11. The molecule has 0 aliphatic heterocycles. The summed E-state index contributed by atoms with van der Waals surface area (Å²) in [5, 5.41) is 8.79. The summed E-state index contributed by atoms with van der Waals surface area (Å²) in [5.74, 6) is 6.69. The second-order valence-corrected chi connectivity index (χ2v) is 9.49. The number of oxime groups is 1. The molecule has 4 aromatic rings. The minimum Gasteiger partial charge on any atom is -0.487 e. The number of ether oxygens (including phenoxy) is 2. The molecule has 41 heavy (non-hydrogen) atoms. The first-order chi connectivity index (χ1) is 20.0. The fraction of sp³-hybridized carbons (Fsp3) is 0.258. The highest BCUT2D eigenvalue weighted by atomic mass is 35.5. The first-order valence-electron chi connectivity index (χ1n) is 13.0. The van der Waals surface area contributed by atoms with E-state index in [0.717, 1.165) is 23.0 Å². The minimum absolute atomic E-state index is 0.197. The van der Waals surface area contributed by atoms with Gasteiger partial charge in [-0.25, -0.2) is 14.4 Å². The first-order valence-corrected chi connectivity index (χ1v) is 13.3. The lowest BCUT2D eigenvalue weighted by Crippen LogP contribution is -2.26. The molecule has 8 nitrogen and oxygen atoms in total. The predicted molar refractivity (Wildman–Crippen MR) is 160 cm³/mol. The quantitative estimate of drug-likeness (QED) is 0.0897. The van der Waals surface area contributed by atoms with Gasteiger partial charge in [-0.3, -0.25) is 0 Å². The molecule has 1 heterocycles. The maximum Gasteiger partial charge on any atom is 0.159 e. The highest BCUT2D eigenvalue weighted by Crippen LogP contribution is 2.31. The van der Waals surface area contributed by atoms with Crippen LogP contribution in [0.4, 0.5) is 15.9 Å². The summed E-state index contributed by atoms with van der Waals surface area (Å²) in [6.07, 6.45) is 1.49. The summed E-state index contributed by atoms with van der Waals surface area (Å²) >= 11 is 6.49. The number of hydrogen-bond acceptors (Lipinski definition) is 8. The molecule has 0 fully saturated rings. The number of nitrogens with zero attached hydrogens (tertiary/aromatic N) is 4. The molecule has 0 aliphatic rings. The van der Waals surface area contributed by atoms with Gasteiger partial charge in [0.1, 0.15) is 36.9 Å².